The summed E-state index contributed by atoms with van der Waals surface area (Å²) in [5.74, 6) is -1.14. The van der Waals surface area contributed by atoms with Crippen molar-refractivity contribution in [3.8, 4) is 0 Å². The van der Waals surface area contributed by atoms with Gasteiger partial charge in [-0.2, -0.15) is 0 Å². The van der Waals surface area contributed by atoms with Gasteiger partial charge in [0.25, 0.3) is 11.8 Å². The topological polar surface area (TPSA) is 63.7 Å². The quantitative estimate of drug-likeness (QED) is 0.599. The molecule has 132 valence electrons. The lowest BCUT2D eigenvalue weighted by Gasteiger charge is -2.13. The minimum Gasteiger partial charge on any atom is -0.464 e. The molecule has 0 saturated heterocycles. The van der Waals surface area contributed by atoms with Crippen LogP contribution in [0, 0.1) is 5.92 Å². The Bertz CT molecular complexity index is 875. The van der Waals surface area contributed by atoms with E-state index in [9.17, 15) is 14.4 Å². The van der Waals surface area contributed by atoms with Crippen LogP contribution in [0.5, 0.6) is 0 Å². The van der Waals surface area contributed by atoms with Crippen molar-refractivity contribution in [1.82, 2.24) is 4.90 Å². The van der Waals surface area contributed by atoms with E-state index in [1.807, 2.05) is 18.2 Å². The predicted octanol–water partition coefficient (Wildman–Crippen LogP) is 3.28. The maximum Gasteiger partial charge on any atom is 0.309 e. The van der Waals surface area contributed by atoms with Crippen molar-refractivity contribution in [2.24, 2.45) is 5.92 Å². The molecule has 1 heterocycles. The number of hydrogen-bond donors (Lipinski definition) is 0. The molecule has 0 aromatic heterocycles. The van der Waals surface area contributed by atoms with E-state index < -0.39 is 0 Å². The number of fused-ring (bicyclic) bond motifs is 1. The predicted molar refractivity (Wildman–Crippen MR) is 95.1 cm³/mol. The van der Waals surface area contributed by atoms with Crippen molar-refractivity contribution in [1.29, 1.82) is 0 Å². The van der Waals surface area contributed by atoms with Gasteiger partial charge in [0.2, 0.25) is 0 Å². The molecule has 26 heavy (non-hydrogen) atoms. The summed E-state index contributed by atoms with van der Waals surface area (Å²) in [5.41, 5.74) is 1.74. The third kappa shape index (κ3) is 2.88. The number of nitrogens with zero attached hydrogens (tertiary/aromatic N) is 1. The molecule has 2 amide bonds. The number of halogens is 1. The lowest BCUT2D eigenvalue weighted by atomic mass is 10.1. The number of amides is 2. The van der Waals surface area contributed by atoms with Crippen LogP contribution in [-0.4, -0.2) is 35.8 Å². The van der Waals surface area contributed by atoms with E-state index in [0.29, 0.717) is 22.6 Å². The Morgan fingerprint density at radius 2 is 1.65 bits per heavy atom. The minimum absolute atomic E-state index is 0.00392. The first-order chi connectivity index (χ1) is 12.6. The molecule has 0 spiro atoms. The van der Waals surface area contributed by atoms with Crippen LogP contribution in [0.25, 0.3) is 0 Å². The Hall–Kier alpha value is -2.66. The minimum atomic E-state index is -0.345. The number of rotatable bonds is 5. The summed E-state index contributed by atoms with van der Waals surface area (Å²) in [6, 6.07) is 14.2. The molecular formula is C20H16ClNO4. The molecule has 0 bridgehead atoms. The van der Waals surface area contributed by atoms with Crippen LogP contribution < -0.4 is 0 Å². The van der Waals surface area contributed by atoms with Gasteiger partial charge in [-0.1, -0.05) is 41.9 Å². The average molecular weight is 370 g/mol. The number of imide groups is 1. The summed E-state index contributed by atoms with van der Waals surface area (Å²) in [4.78, 5) is 37.8. The molecule has 2 aromatic rings. The third-order valence-corrected chi connectivity index (χ3v) is 5.18. The Labute approximate surface area is 155 Å². The molecule has 2 aliphatic rings. The summed E-state index contributed by atoms with van der Waals surface area (Å²) in [7, 11) is 0. The van der Waals surface area contributed by atoms with Crippen LogP contribution in [0.4, 0.5) is 0 Å². The van der Waals surface area contributed by atoms with Crippen LogP contribution in [0.3, 0.4) is 0 Å². The second-order valence-electron chi connectivity index (χ2n) is 6.45. The first kappa shape index (κ1) is 16.8. The average Bonchev–Trinajstić information content (AvgIpc) is 3.41. The van der Waals surface area contributed by atoms with Crippen molar-refractivity contribution in [2.45, 2.75) is 12.3 Å². The molecule has 1 saturated carbocycles. The molecule has 0 N–H and O–H groups in total. The van der Waals surface area contributed by atoms with Crippen LogP contribution >= 0.6 is 11.6 Å². The van der Waals surface area contributed by atoms with Crippen molar-refractivity contribution in [2.75, 3.05) is 13.2 Å². The molecule has 1 fully saturated rings. The molecule has 1 aliphatic carbocycles. The second kappa shape index (κ2) is 6.57. The van der Waals surface area contributed by atoms with E-state index in [2.05, 4.69) is 0 Å². The number of carbonyl (C=O) groups is 3. The fourth-order valence-electron chi connectivity index (χ4n) is 3.36. The standard InChI is InChI=1S/C20H16ClNO4/c21-17-8-4-3-5-12(17)15-11-16(15)20(25)26-10-9-22-18(23)13-6-1-2-7-14(13)19(22)24/h1-8,15-16H,9-11H2/t15-,16+/m0/s1. The third-order valence-electron chi connectivity index (χ3n) is 4.84. The highest BCUT2D eigenvalue weighted by atomic mass is 35.5. The lowest BCUT2D eigenvalue weighted by Crippen LogP contribution is -2.33. The second-order valence-corrected chi connectivity index (χ2v) is 6.85. The number of hydrogen-bond acceptors (Lipinski definition) is 4. The highest BCUT2D eigenvalue weighted by Crippen LogP contribution is 2.50. The molecular weight excluding hydrogens is 354 g/mol. The molecule has 1 aliphatic heterocycles. The largest absolute Gasteiger partial charge is 0.464 e. The highest BCUT2D eigenvalue weighted by Gasteiger charge is 2.46. The molecule has 4 rings (SSSR count). The van der Waals surface area contributed by atoms with Gasteiger partial charge in [-0.15, -0.1) is 0 Å². The molecule has 0 unspecified atom stereocenters. The van der Waals surface area contributed by atoms with Gasteiger partial charge in [0.1, 0.15) is 6.61 Å². The summed E-state index contributed by atoms with van der Waals surface area (Å²) >= 11 is 6.16. The zero-order valence-electron chi connectivity index (χ0n) is 13.9. The van der Waals surface area contributed by atoms with Crippen LogP contribution in [0.1, 0.15) is 38.6 Å². The first-order valence-electron chi connectivity index (χ1n) is 8.44. The van der Waals surface area contributed by atoms with Crippen molar-refractivity contribution in [3.05, 3.63) is 70.2 Å². The number of esters is 1. The fraction of sp³-hybridized carbons (Fsp3) is 0.250. The van der Waals surface area contributed by atoms with Gasteiger partial charge >= 0.3 is 5.97 Å². The maximum atomic E-state index is 12.3. The molecule has 6 heteroatoms. The van der Waals surface area contributed by atoms with Gasteiger partial charge in [0.15, 0.2) is 0 Å². The monoisotopic (exact) mass is 369 g/mol. The SMILES string of the molecule is O=C(OCCN1C(=O)c2ccccc2C1=O)[C@@H]1C[C@H]1c1ccccc1Cl. The summed E-state index contributed by atoms with van der Waals surface area (Å²) in [6.07, 6.45) is 0.704. The maximum absolute atomic E-state index is 12.3. The Kier molecular flexibility index (Phi) is 4.24. The number of benzene rings is 2. The van der Waals surface area contributed by atoms with E-state index in [4.69, 9.17) is 16.3 Å². The van der Waals surface area contributed by atoms with Gasteiger partial charge in [-0.25, -0.2) is 0 Å². The molecule has 2 aromatic carbocycles. The fourth-order valence-corrected chi connectivity index (χ4v) is 3.64. The number of ether oxygens (including phenoxy) is 1. The zero-order valence-corrected chi connectivity index (χ0v) is 14.6. The smallest absolute Gasteiger partial charge is 0.309 e. The normalized spacial score (nSPS) is 20.9. The van der Waals surface area contributed by atoms with E-state index in [1.54, 1.807) is 30.3 Å². The van der Waals surface area contributed by atoms with Crippen LogP contribution in [0.2, 0.25) is 5.02 Å². The lowest BCUT2D eigenvalue weighted by molar-refractivity contribution is -0.145. The van der Waals surface area contributed by atoms with Crippen LogP contribution in [-0.2, 0) is 9.53 Å². The Balaban J connectivity index is 1.31. The zero-order chi connectivity index (χ0) is 18.3. The van der Waals surface area contributed by atoms with E-state index >= 15 is 0 Å². The molecule has 2 atom stereocenters. The van der Waals surface area contributed by atoms with Crippen molar-refractivity contribution in [3.63, 3.8) is 0 Å². The first-order valence-corrected chi connectivity index (χ1v) is 8.82. The molecule has 0 radical (unpaired) electrons. The summed E-state index contributed by atoms with van der Waals surface area (Å²) in [6.45, 7) is 0.0532. The van der Waals surface area contributed by atoms with Gasteiger partial charge in [0.05, 0.1) is 23.6 Å². The van der Waals surface area contributed by atoms with Crippen LogP contribution in [0.15, 0.2) is 48.5 Å². The molecule has 5 nitrogen and oxygen atoms in total. The van der Waals surface area contributed by atoms with E-state index in [-0.39, 0.29) is 42.8 Å². The van der Waals surface area contributed by atoms with Crippen molar-refractivity contribution >= 4 is 29.4 Å². The summed E-state index contributed by atoms with van der Waals surface area (Å²) < 4.78 is 5.29. The van der Waals surface area contributed by atoms with E-state index in [1.165, 1.54) is 0 Å². The van der Waals surface area contributed by atoms with Gasteiger partial charge < -0.3 is 4.74 Å². The Morgan fingerprint density at radius 1 is 1.04 bits per heavy atom. The van der Waals surface area contributed by atoms with E-state index in [0.717, 1.165) is 10.5 Å². The highest BCUT2D eigenvalue weighted by molar-refractivity contribution is 6.31. The van der Waals surface area contributed by atoms with Gasteiger partial charge in [-0.3, -0.25) is 19.3 Å². The summed E-state index contributed by atoms with van der Waals surface area (Å²) in [5, 5.41) is 0.652. The van der Waals surface area contributed by atoms with Gasteiger partial charge in [0, 0.05) is 5.02 Å². The Morgan fingerprint density at radius 3 is 2.31 bits per heavy atom. The van der Waals surface area contributed by atoms with Gasteiger partial charge in [-0.05, 0) is 36.1 Å². The van der Waals surface area contributed by atoms with Crippen molar-refractivity contribution < 1.29 is 19.1 Å². The number of carbonyl (C=O) groups excluding carboxylic acids is 3.